The van der Waals surface area contributed by atoms with Gasteiger partial charge in [-0.2, -0.15) is 0 Å². The number of methoxy groups -OCH3 is 1. The topological polar surface area (TPSA) is 54.0 Å². The highest BCUT2D eigenvalue weighted by molar-refractivity contribution is 6.74. The van der Waals surface area contributed by atoms with Crippen LogP contribution in [0.3, 0.4) is 0 Å². The zero-order valence-electron chi connectivity index (χ0n) is 18.2. The van der Waals surface area contributed by atoms with E-state index < -0.39 is 8.32 Å². The summed E-state index contributed by atoms with van der Waals surface area (Å²) in [6.45, 7) is 13.8. The van der Waals surface area contributed by atoms with E-state index in [4.69, 9.17) is 18.6 Å². The molecule has 1 aliphatic carbocycles. The van der Waals surface area contributed by atoms with Crippen LogP contribution in [-0.4, -0.2) is 46.0 Å². The second-order valence-corrected chi connectivity index (χ2v) is 15.4. The van der Waals surface area contributed by atoms with Gasteiger partial charge in [0.2, 0.25) is 0 Å². The van der Waals surface area contributed by atoms with Crippen LogP contribution in [0.4, 0.5) is 0 Å². The van der Waals surface area contributed by atoms with E-state index in [0.29, 0.717) is 6.42 Å². The Kier molecular flexibility index (Phi) is 5.86. The normalized spacial score (nSPS) is 40.6. The van der Waals surface area contributed by atoms with Gasteiger partial charge in [-0.3, -0.25) is 4.79 Å². The maximum atomic E-state index is 12.1. The van der Waals surface area contributed by atoms with Crippen LogP contribution in [-0.2, 0) is 23.4 Å². The van der Waals surface area contributed by atoms with E-state index in [0.717, 1.165) is 32.1 Å². The number of hydrogen-bond acceptors (Lipinski definition) is 5. The number of rotatable bonds is 3. The third kappa shape index (κ3) is 4.28. The van der Waals surface area contributed by atoms with Gasteiger partial charge >= 0.3 is 5.97 Å². The number of fused-ring (bicyclic) bond motifs is 3. The summed E-state index contributed by atoms with van der Waals surface area (Å²) in [5.41, 5.74) is -0.0595. The average molecular weight is 399 g/mol. The standard InChI is InChI=1S/C21H38O5Si/c1-20(2,3)27(6,7)26-15-9-8-14-12-16(22)24-18(14)19-21(4,13-15)11-10-17(23-5)25-19/h14-15,17-19H,8-13H2,1-7H3/t14-,15+,17+,18-,19+,21+/m0/s1. The van der Waals surface area contributed by atoms with Crippen molar-refractivity contribution in [1.82, 2.24) is 0 Å². The van der Waals surface area contributed by atoms with Crippen molar-refractivity contribution in [2.45, 2.75) is 109 Å². The Bertz CT molecular complexity index is 557. The molecule has 2 saturated heterocycles. The maximum absolute atomic E-state index is 12.1. The Labute approximate surface area is 165 Å². The summed E-state index contributed by atoms with van der Waals surface area (Å²) in [6, 6.07) is 0. The molecule has 0 amide bonds. The van der Waals surface area contributed by atoms with Crippen molar-refractivity contribution in [1.29, 1.82) is 0 Å². The molecule has 2 heterocycles. The van der Waals surface area contributed by atoms with Crippen LogP contribution in [0.15, 0.2) is 0 Å². The highest BCUT2D eigenvalue weighted by Crippen LogP contribution is 2.50. The molecule has 1 saturated carbocycles. The Morgan fingerprint density at radius 3 is 2.52 bits per heavy atom. The van der Waals surface area contributed by atoms with Gasteiger partial charge in [-0.05, 0) is 50.2 Å². The van der Waals surface area contributed by atoms with Gasteiger partial charge in [0.25, 0.3) is 0 Å². The molecule has 0 unspecified atom stereocenters. The van der Waals surface area contributed by atoms with E-state index in [9.17, 15) is 4.79 Å². The maximum Gasteiger partial charge on any atom is 0.306 e. The molecule has 0 spiro atoms. The minimum absolute atomic E-state index is 0.0595. The van der Waals surface area contributed by atoms with Gasteiger partial charge in [0.1, 0.15) is 12.2 Å². The van der Waals surface area contributed by atoms with Crippen LogP contribution in [0.1, 0.15) is 66.2 Å². The SMILES string of the molecule is CO[C@H]1CC[C@]2(C)C[C@H](O[Si](C)(C)C(C)(C)C)CC[C@H]3CC(=O)O[C@@H]3[C@H]2O1. The summed E-state index contributed by atoms with van der Waals surface area (Å²) < 4.78 is 24.5. The Balaban J connectivity index is 1.85. The summed E-state index contributed by atoms with van der Waals surface area (Å²) in [6.07, 6.45) is 5.07. The molecule has 5 nitrogen and oxygen atoms in total. The lowest BCUT2D eigenvalue weighted by atomic mass is 9.67. The molecule has 3 fully saturated rings. The van der Waals surface area contributed by atoms with Crippen LogP contribution >= 0.6 is 0 Å². The quantitative estimate of drug-likeness (QED) is 0.512. The Hall–Kier alpha value is -0.433. The van der Waals surface area contributed by atoms with Gasteiger partial charge in [0.05, 0.1) is 6.42 Å². The highest BCUT2D eigenvalue weighted by atomic mass is 28.4. The fourth-order valence-corrected chi connectivity index (χ4v) is 6.16. The third-order valence-corrected chi connectivity index (χ3v) is 12.0. The predicted octanol–water partition coefficient (Wildman–Crippen LogP) is 4.65. The van der Waals surface area contributed by atoms with Crippen molar-refractivity contribution in [2.75, 3.05) is 7.11 Å². The Morgan fingerprint density at radius 2 is 1.89 bits per heavy atom. The minimum Gasteiger partial charge on any atom is -0.459 e. The van der Waals surface area contributed by atoms with Crippen LogP contribution < -0.4 is 0 Å². The van der Waals surface area contributed by atoms with Gasteiger partial charge in [-0.25, -0.2) is 0 Å². The van der Waals surface area contributed by atoms with E-state index in [2.05, 4.69) is 40.8 Å². The zero-order valence-corrected chi connectivity index (χ0v) is 19.2. The first-order chi connectivity index (χ1) is 12.4. The van der Waals surface area contributed by atoms with Gasteiger partial charge in [0.15, 0.2) is 14.6 Å². The van der Waals surface area contributed by atoms with Crippen molar-refractivity contribution in [3.8, 4) is 0 Å². The van der Waals surface area contributed by atoms with Crippen molar-refractivity contribution >= 4 is 14.3 Å². The van der Waals surface area contributed by atoms with Gasteiger partial charge < -0.3 is 18.6 Å². The second kappa shape index (κ2) is 7.43. The molecule has 6 atom stereocenters. The highest BCUT2D eigenvalue weighted by Gasteiger charge is 2.54. The monoisotopic (exact) mass is 398 g/mol. The molecule has 0 aromatic heterocycles. The van der Waals surface area contributed by atoms with Crippen molar-refractivity contribution in [3.63, 3.8) is 0 Å². The molecular formula is C21H38O5Si. The van der Waals surface area contributed by atoms with E-state index >= 15 is 0 Å². The fourth-order valence-electron chi connectivity index (χ4n) is 4.77. The predicted molar refractivity (Wildman–Crippen MR) is 107 cm³/mol. The number of carbonyl (C=O) groups excluding carboxylic acids is 1. The summed E-state index contributed by atoms with van der Waals surface area (Å²) in [7, 11) is -0.160. The molecule has 6 heteroatoms. The molecule has 0 aromatic carbocycles. The first kappa shape index (κ1) is 21.3. The number of ether oxygens (including phenoxy) is 3. The van der Waals surface area contributed by atoms with E-state index in [1.54, 1.807) is 7.11 Å². The third-order valence-electron chi connectivity index (χ3n) is 7.48. The molecule has 0 aromatic rings. The number of hydrogen-bond donors (Lipinski definition) is 0. The summed E-state index contributed by atoms with van der Waals surface area (Å²) in [5.74, 6) is 0.141. The molecule has 0 radical (unpaired) electrons. The average Bonchev–Trinajstić information content (AvgIpc) is 2.90. The van der Waals surface area contributed by atoms with Crippen molar-refractivity contribution in [3.05, 3.63) is 0 Å². The van der Waals surface area contributed by atoms with Crippen LogP contribution in [0, 0.1) is 11.3 Å². The fraction of sp³-hybridized carbons (Fsp3) is 0.952. The molecule has 0 bridgehead atoms. The molecule has 3 aliphatic rings. The zero-order chi connectivity index (χ0) is 20.0. The van der Waals surface area contributed by atoms with E-state index in [-0.39, 0.29) is 46.9 Å². The van der Waals surface area contributed by atoms with E-state index in [1.165, 1.54) is 0 Å². The van der Waals surface area contributed by atoms with Crippen LogP contribution in [0.25, 0.3) is 0 Å². The molecule has 0 N–H and O–H groups in total. The lowest BCUT2D eigenvalue weighted by Gasteiger charge is -2.50. The molecule has 2 aliphatic heterocycles. The lowest BCUT2D eigenvalue weighted by molar-refractivity contribution is -0.254. The van der Waals surface area contributed by atoms with Crippen LogP contribution in [0.5, 0.6) is 0 Å². The van der Waals surface area contributed by atoms with Crippen molar-refractivity contribution < 1.29 is 23.4 Å². The molecule has 27 heavy (non-hydrogen) atoms. The first-order valence-electron chi connectivity index (χ1n) is 10.5. The lowest BCUT2D eigenvalue weighted by Crippen LogP contribution is -2.55. The smallest absolute Gasteiger partial charge is 0.306 e. The molecule has 3 rings (SSSR count). The van der Waals surface area contributed by atoms with Gasteiger partial charge in [-0.1, -0.05) is 27.7 Å². The summed E-state index contributed by atoms with van der Waals surface area (Å²) in [5, 5.41) is 0.189. The number of carbonyl (C=O) groups is 1. The Morgan fingerprint density at radius 1 is 1.19 bits per heavy atom. The van der Waals surface area contributed by atoms with E-state index in [1.807, 2.05) is 0 Å². The largest absolute Gasteiger partial charge is 0.459 e. The first-order valence-corrected chi connectivity index (χ1v) is 13.4. The van der Waals surface area contributed by atoms with Gasteiger partial charge in [-0.15, -0.1) is 0 Å². The van der Waals surface area contributed by atoms with Crippen LogP contribution in [0.2, 0.25) is 18.1 Å². The molecule has 156 valence electrons. The minimum atomic E-state index is -1.85. The van der Waals surface area contributed by atoms with Gasteiger partial charge in [0, 0.05) is 24.5 Å². The summed E-state index contributed by atoms with van der Waals surface area (Å²) >= 11 is 0. The molecular weight excluding hydrogens is 360 g/mol. The number of esters is 1. The second-order valence-electron chi connectivity index (χ2n) is 10.6. The summed E-state index contributed by atoms with van der Waals surface area (Å²) in [4.78, 5) is 12.1. The van der Waals surface area contributed by atoms with Crippen molar-refractivity contribution in [2.24, 2.45) is 11.3 Å².